The molecule has 1 heterocycles. The van der Waals surface area contributed by atoms with E-state index in [1.54, 1.807) is 12.3 Å². The highest BCUT2D eigenvalue weighted by atomic mass is 16.3. The standard InChI is InChI=1S/C23H39NO2/c1-2-3-4-5-6-7-8-9-10-11-12-13-14-15-20-24-23(25)19-18-22-17-16-21-26-22/h16-19,21H,2-15,20H2,1H3,(H,24,25). The molecule has 1 rings (SSSR count). The minimum absolute atomic E-state index is 0.0453. The Hall–Kier alpha value is -1.51. The molecule has 1 amide bonds. The van der Waals surface area contributed by atoms with Gasteiger partial charge in [-0.25, -0.2) is 0 Å². The fourth-order valence-corrected chi connectivity index (χ4v) is 3.13. The Kier molecular flexibility index (Phi) is 14.7. The topological polar surface area (TPSA) is 42.2 Å². The summed E-state index contributed by atoms with van der Waals surface area (Å²) in [5.41, 5.74) is 0. The number of rotatable bonds is 17. The molecule has 1 N–H and O–H groups in total. The predicted molar refractivity (Wildman–Crippen MR) is 111 cm³/mol. The van der Waals surface area contributed by atoms with Crippen LogP contribution in [-0.2, 0) is 4.79 Å². The maximum absolute atomic E-state index is 11.6. The first-order chi connectivity index (χ1) is 12.8. The molecule has 0 unspecified atom stereocenters. The second-order valence-corrected chi connectivity index (χ2v) is 7.24. The van der Waals surface area contributed by atoms with Crippen LogP contribution < -0.4 is 5.32 Å². The minimum Gasteiger partial charge on any atom is -0.465 e. The number of unbranched alkanes of at least 4 members (excludes halogenated alkanes) is 13. The number of nitrogens with one attached hydrogen (secondary N) is 1. The summed E-state index contributed by atoms with van der Waals surface area (Å²) >= 11 is 0. The highest BCUT2D eigenvalue weighted by Gasteiger charge is 1.97. The van der Waals surface area contributed by atoms with Gasteiger partial charge in [-0.15, -0.1) is 0 Å². The lowest BCUT2D eigenvalue weighted by Gasteiger charge is -2.04. The van der Waals surface area contributed by atoms with Gasteiger partial charge in [-0.1, -0.05) is 90.4 Å². The molecule has 1 aromatic rings. The van der Waals surface area contributed by atoms with Gasteiger partial charge in [0.1, 0.15) is 5.76 Å². The van der Waals surface area contributed by atoms with Crippen LogP contribution in [0.25, 0.3) is 6.08 Å². The van der Waals surface area contributed by atoms with E-state index in [4.69, 9.17) is 4.42 Å². The average molecular weight is 362 g/mol. The van der Waals surface area contributed by atoms with Crippen LogP contribution in [0.15, 0.2) is 28.9 Å². The largest absolute Gasteiger partial charge is 0.465 e. The third kappa shape index (κ3) is 13.7. The summed E-state index contributed by atoms with van der Waals surface area (Å²) in [5.74, 6) is 0.660. The maximum atomic E-state index is 11.6. The average Bonchev–Trinajstić information content (AvgIpc) is 3.17. The van der Waals surface area contributed by atoms with E-state index in [1.807, 2.05) is 12.1 Å². The van der Waals surface area contributed by atoms with Crippen LogP contribution in [0.2, 0.25) is 0 Å². The Labute approximate surface area is 160 Å². The highest BCUT2D eigenvalue weighted by molar-refractivity contribution is 5.91. The third-order valence-corrected chi connectivity index (χ3v) is 4.77. The zero-order valence-corrected chi connectivity index (χ0v) is 16.8. The number of hydrogen-bond acceptors (Lipinski definition) is 2. The molecule has 0 bridgehead atoms. The Morgan fingerprint density at radius 1 is 0.885 bits per heavy atom. The number of carbonyl (C=O) groups is 1. The molecule has 0 saturated carbocycles. The second-order valence-electron chi connectivity index (χ2n) is 7.24. The Bertz CT molecular complexity index is 451. The predicted octanol–water partition coefficient (Wildman–Crippen LogP) is 6.89. The number of amides is 1. The molecular formula is C23H39NO2. The molecule has 0 aliphatic rings. The van der Waals surface area contributed by atoms with Gasteiger partial charge in [-0.05, 0) is 24.6 Å². The lowest BCUT2D eigenvalue weighted by molar-refractivity contribution is -0.116. The molecule has 0 radical (unpaired) electrons. The van der Waals surface area contributed by atoms with Crippen molar-refractivity contribution in [1.82, 2.24) is 5.32 Å². The van der Waals surface area contributed by atoms with Crippen molar-refractivity contribution in [1.29, 1.82) is 0 Å². The van der Waals surface area contributed by atoms with Crippen molar-refractivity contribution in [2.45, 2.75) is 96.8 Å². The van der Waals surface area contributed by atoms with Gasteiger partial charge in [0.2, 0.25) is 5.91 Å². The van der Waals surface area contributed by atoms with Crippen molar-refractivity contribution in [3.8, 4) is 0 Å². The van der Waals surface area contributed by atoms with Crippen LogP contribution in [0.5, 0.6) is 0 Å². The third-order valence-electron chi connectivity index (χ3n) is 4.77. The van der Waals surface area contributed by atoms with E-state index in [-0.39, 0.29) is 5.91 Å². The van der Waals surface area contributed by atoms with Crippen LogP contribution >= 0.6 is 0 Å². The van der Waals surface area contributed by atoms with Crippen LogP contribution in [0.4, 0.5) is 0 Å². The van der Waals surface area contributed by atoms with Crippen molar-refractivity contribution in [2.24, 2.45) is 0 Å². The SMILES string of the molecule is CCCCCCCCCCCCCCCCNC(=O)C=Cc1ccco1. The number of furan rings is 1. The molecule has 0 atom stereocenters. The van der Waals surface area contributed by atoms with Crippen molar-refractivity contribution in [2.75, 3.05) is 6.54 Å². The summed E-state index contributed by atoms with van der Waals surface area (Å²) in [4.78, 5) is 11.6. The Balaban J connectivity index is 1.77. The van der Waals surface area contributed by atoms with Crippen LogP contribution in [0.3, 0.4) is 0 Å². The van der Waals surface area contributed by atoms with Gasteiger partial charge in [-0.2, -0.15) is 0 Å². The Morgan fingerprint density at radius 3 is 1.92 bits per heavy atom. The van der Waals surface area contributed by atoms with Crippen LogP contribution in [-0.4, -0.2) is 12.5 Å². The molecule has 1 aromatic heterocycles. The smallest absolute Gasteiger partial charge is 0.244 e. The first-order valence-corrected chi connectivity index (χ1v) is 10.8. The van der Waals surface area contributed by atoms with Gasteiger partial charge in [-0.3, -0.25) is 4.79 Å². The molecule has 3 heteroatoms. The molecule has 3 nitrogen and oxygen atoms in total. The lowest BCUT2D eigenvalue weighted by atomic mass is 10.0. The van der Waals surface area contributed by atoms with Gasteiger partial charge in [0.15, 0.2) is 0 Å². The zero-order valence-electron chi connectivity index (χ0n) is 16.8. The molecule has 148 valence electrons. The van der Waals surface area contributed by atoms with E-state index in [0.717, 1.165) is 13.0 Å². The summed E-state index contributed by atoms with van der Waals surface area (Å²) < 4.78 is 5.15. The number of carbonyl (C=O) groups excluding carboxylic acids is 1. The van der Waals surface area contributed by atoms with E-state index in [2.05, 4.69) is 12.2 Å². The normalized spacial score (nSPS) is 11.3. The molecule has 0 aromatic carbocycles. The quantitative estimate of drug-likeness (QED) is 0.242. The lowest BCUT2D eigenvalue weighted by Crippen LogP contribution is -2.21. The van der Waals surface area contributed by atoms with E-state index < -0.39 is 0 Å². The van der Waals surface area contributed by atoms with Crippen LogP contribution in [0, 0.1) is 0 Å². The monoisotopic (exact) mass is 361 g/mol. The second kappa shape index (κ2) is 16.9. The fraction of sp³-hybridized carbons (Fsp3) is 0.696. The van der Waals surface area contributed by atoms with E-state index in [1.165, 1.54) is 89.5 Å². The van der Waals surface area contributed by atoms with Gasteiger partial charge in [0.05, 0.1) is 6.26 Å². The first-order valence-electron chi connectivity index (χ1n) is 10.8. The summed E-state index contributed by atoms with van der Waals surface area (Å²) in [6.45, 7) is 3.04. The first kappa shape index (κ1) is 22.5. The van der Waals surface area contributed by atoms with Crippen LogP contribution in [0.1, 0.15) is 103 Å². The molecule has 0 spiro atoms. The maximum Gasteiger partial charge on any atom is 0.244 e. The zero-order chi connectivity index (χ0) is 18.7. The molecule has 0 saturated heterocycles. The van der Waals surface area contributed by atoms with Gasteiger partial charge >= 0.3 is 0 Å². The molecular weight excluding hydrogens is 322 g/mol. The molecule has 26 heavy (non-hydrogen) atoms. The van der Waals surface area contributed by atoms with E-state index in [9.17, 15) is 4.79 Å². The van der Waals surface area contributed by atoms with Crippen molar-refractivity contribution < 1.29 is 9.21 Å². The number of hydrogen-bond donors (Lipinski definition) is 1. The summed E-state index contributed by atoms with van der Waals surface area (Å²) in [6, 6.07) is 3.64. The minimum atomic E-state index is -0.0453. The van der Waals surface area contributed by atoms with Gasteiger partial charge in [0, 0.05) is 12.6 Å². The Morgan fingerprint density at radius 2 is 1.42 bits per heavy atom. The summed E-state index contributed by atoms with van der Waals surface area (Å²) in [5, 5.41) is 2.92. The van der Waals surface area contributed by atoms with Crippen molar-refractivity contribution >= 4 is 12.0 Å². The summed E-state index contributed by atoms with van der Waals surface area (Å²) in [7, 11) is 0. The fourth-order valence-electron chi connectivity index (χ4n) is 3.13. The van der Waals surface area contributed by atoms with Gasteiger partial charge in [0.25, 0.3) is 0 Å². The van der Waals surface area contributed by atoms with E-state index >= 15 is 0 Å². The molecule has 0 aliphatic carbocycles. The summed E-state index contributed by atoms with van der Waals surface area (Å²) in [6.07, 6.45) is 23.8. The van der Waals surface area contributed by atoms with Gasteiger partial charge < -0.3 is 9.73 Å². The van der Waals surface area contributed by atoms with E-state index in [0.29, 0.717) is 5.76 Å². The van der Waals surface area contributed by atoms with Crippen molar-refractivity contribution in [3.05, 3.63) is 30.2 Å². The molecule has 0 aliphatic heterocycles. The highest BCUT2D eigenvalue weighted by Crippen LogP contribution is 2.12. The molecule has 0 fully saturated rings. The van der Waals surface area contributed by atoms with Crippen molar-refractivity contribution in [3.63, 3.8) is 0 Å².